The Morgan fingerprint density at radius 2 is 1.51 bits per heavy atom. The largest absolute Gasteiger partial charge is 0.491 e. The Bertz CT molecular complexity index is 1370. The van der Waals surface area contributed by atoms with Crippen LogP contribution in [0.3, 0.4) is 0 Å². The van der Waals surface area contributed by atoms with Gasteiger partial charge in [0.25, 0.3) is 11.8 Å². The quantitative estimate of drug-likeness (QED) is 0.339. The third-order valence-corrected chi connectivity index (χ3v) is 7.24. The summed E-state index contributed by atoms with van der Waals surface area (Å²) >= 11 is 3.51. The van der Waals surface area contributed by atoms with Crippen molar-refractivity contribution in [3.05, 3.63) is 70.2 Å². The van der Waals surface area contributed by atoms with Gasteiger partial charge in [0.05, 0.1) is 12.3 Å². The Hall–Kier alpha value is -3.43. The first kappa shape index (κ1) is 25.2. The van der Waals surface area contributed by atoms with Crippen LogP contribution in [0.1, 0.15) is 34.6 Å². The van der Waals surface area contributed by atoms with E-state index in [0.29, 0.717) is 54.2 Å². The Balaban J connectivity index is 1.24. The number of amides is 3. The van der Waals surface area contributed by atoms with Crippen molar-refractivity contribution in [2.24, 2.45) is 5.41 Å². The number of hydrogen-bond acceptors (Lipinski definition) is 6. The lowest BCUT2D eigenvalue weighted by molar-refractivity contribution is 0.0612. The second-order valence-electron chi connectivity index (χ2n) is 9.96. The van der Waals surface area contributed by atoms with E-state index in [9.17, 15) is 14.4 Å². The van der Waals surface area contributed by atoms with Crippen LogP contribution in [0.25, 0.3) is 10.8 Å². The smallest absolute Gasteiger partial charge is 0.414 e. The van der Waals surface area contributed by atoms with Gasteiger partial charge in [-0.05, 0) is 35.7 Å². The van der Waals surface area contributed by atoms with Crippen LogP contribution in [-0.4, -0.2) is 62.2 Å². The molecule has 0 saturated carbocycles. The van der Waals surface area contributed by atoms with Crippen LogP contribution < -0.4 is 15.0 Å². The number of ether oxygens (including phenoxy) is 2. The molecule has 0 saturated heterocycles. The van der Waals surface area contributed by atoms with E-state index in [4.69, 9.17) is 9.47 Å². The zero-order valence-corrected chi connectivity index (χ0v) is 22.3. The minimum atomic E-state index is -0.440. The number of benzene rings is 3. The van der Waals surface area contributed by atoms with Gasteiger partial charge in [-0.2, -0.15) is 0 Å². The van der Waals surface area contributed by atoms with Crippen molar-refractivity contribution in [3.63, 3.8) is 0 Å². The van der Waals surface area contributed by atoms with E-state index < -0.39 is 6.09 Å². The summed E-state index contributed by atoms with van der Waals surface area (Å²) < 4.78 is 12.4. The van der Waals surface area contributed by atoms with E-state index in [0.717, 1.165) is 9.86 Å². The summed E-state index contributed by atoms with van der Waals surface area (Å²) in [5.74, 6) is 0.0130. The van der Waals surface area contributed by atoms with E-state index in [1.54, 1.807) is 17.0 Å². The zero-order chi connectivity index (χ0) is 26.2. The highest BCUT2D eigenvalue weighted by Crippen LogP contribution is 2.34. The molecule has 37 heavy (non-hydrogen) atoms. The SMILES string of the molecule is CC1(C)COC(=O)N(CCNCCN2C(=O)c3cccc4c(Br)ccc(c34)C2=O)c2ccccc2OC1. The third-order valence-electron chi connectivity index (χ3n) is 6.54. The van der Waals surface area contributed by atoms with Crippen LogP contribution in [0.4, 0.5) is 10.5 Å². The molecule has 1 N–H and O–H groups in total. The molecule has 0 bridgehead atoms. The molecule has 0 aromatic heterocycles. The molecule has 2 aliphatic heterocycles. The first-order valence-corrected chi connectivity index (χ1v) is 13.0. The first-order valence-electron chi connectivity index (χ1n) is 12.2. The number of para-hydroxylation sites is 2. The lowest BCUT2D eigenvalue weighted by Gasteiger charge is -2.28. The molecular weight excluding hydrogens is 538 g/mol. The van der Waals surface area contributed by atoms with Gasteiger partial charge in [-0.3, -0.25) is 19.4 Å². The first-order chi connectivity index (χ1) is 17.8. The Morgan fingerprint density at radius 1 is 0.838 bits per heavy atom. The molecule has 5 rings (SSSR count). The minimum absolute atomic E-state index is 0.210. The number of rotatable bonds is 6. The Kier molecular flexibility index (Phi) is 6.92. The topological polar surface area (TPSA) is 88.2 Å². The maximum Gasteiger partial charge on any atom is 0.414 e. The fourth-order valence-electron chi connectivity index (χ4n) is 4.58. The zero-order valence-electron chi connectivity index (χ0n) is 20.8. The maximum atomic E-state index is 13.2. The highest BCUT2D eigenvalue weighted by molar-refractivity contribution is 9.10. The van der Waals surface area contributed by atoms with Crippen molar-refractivity contribution in [1.82, 2.24) is 10.2 Å². The number of halogens is 1. The van der Waals surface area contributed by atoms with Crippen molar-refractivity contribution < 1.29 is 23.9 Å². The van der Waals surface area contributed by atoms with E-state index in [-0.39, 0.29) is 30.4 Å². The molecule has 8 nitrogen and oxygen atoms in total. The van der Waals surface area contributed by atoms with Gasteiger partial charge in [0, 0.05) is 52.6 Å². The van der Waals surface area contributed by atoms with Crippen LogP contribution in [0.2, 0.25) is 0 Å². The lowest BCUT2D eigenvalue weighted by Crippen LogP contribution is -2.45. The van der Waals surface area contributed by atoms with Gasteiger partial charge in [0.15, 0.2) is 0 Å². The molecular formula is C28H28BrN3O5. The normalized spacial score (nSPS) is 17.0. The predicted octanol–water partition coefficient (Wildman–Crippen LogP) is 4.85. The molecule has 0 aliphatic carbocycles. The molecule has 3 aromatic rings. The van der Waals surface area contributed by atoms with Crippen LogP contribution in [0.15, 0.2) is 59.1 Å². The van der Waals surface area contributed by atoms with E-state index in [1.807, 2.05) is 56.3 Å². The number of anilines is 1. The summed E-state index contributed by atoms with van der Waals surface area (Å²) in [6, 6.07) is 16.4. The summed E-state index contributed by atoms with van der Waals surface area (Å²) in [5, 5.41) is 4.79. The average Bonchev–Trinajstić information content (AvgIpc) is 2.93. The molecule has 0 spiro atoms. The summed E-state index contributed by atoms with van der Waals surface area (Å²) in [4.78, 5) is 42.0. The van der Waals surface area contributed by atoms with Crippen molar-refractivity contribution in [3.8, 4) is 5.75 Å². The average molecular weight is 566 g/mol. The van der Waals surface area contributed by atoms with Gasteiger partial charge in [-0.25, -0.2) is 4.79 Å². The standard InChI is InChI=1S/C28H28BrN3O5/c1-28(2)16-36-23-9-4-3-8-22(23)31(27(35)37-17-28)14-12-30-13-15-32-25(33)19-7-5-6-18-21(29)11-10-20(24(18)19)26(32)34/h3-11,30H,12-17H2,1-2H3. The molecule has 2 heterocycles. The second-order valence-corrected chi connectivity index (χ2v) is 10.8. The number of nitrogens with zero attached hydrogens (tertiary/aromatic N) is 2. The number of carbonyl (C=O) groups is 3. The predicted molar refractivity (Wildman–Crippen MR) is 144 cm³/mol. The molecule has 2 aliphatic rings. The monoisotopic (exact) mass is 565 g/mol. The van der Waals surface area contributed by atoms with Crippen LogP contribution in [0.5, 0.6) is 5.75 Å². The molecule has 0 fully saturated rings. The van der Waals surface area contributed by atoms with Crippen LogP contribution >= 0.6 is 15.9 Å². The molecule has 3 amide bonds. The molecule has 0 unspecified atom stereocenters. The minimum Gasteiger partial charge on any atom is -0.491 e. The van der Waals surface area contributed by atoms with E-state index >= 15 is 0 Å². The van der Waals surface area contributed by atoms with Gasteiger partial charge in [0.2, 0.25) is 0 Å². The van der Waals surface area contributed by atoms with Crippen LogP contribution in [0, 0.1) is 5.41 Å². The van der Waals surface area contributed by atoms with Gasteiger partial charge in [0.1, 0.15) is 12.4 Å². The molecule has 0 atom stereocenters. The highest BCUT2D eigenvalue weighted by Gasteiger charge is 2.33. The Morgan fingerprint density at radius 3 is 2.30 bits per heavy atom. The van der Waals surface area contributed by atoms with Crippen molar-refractivity contribution in [1.29, 1.82) is 0 Å². The fraction of sp³-hybridized carbons (Fsp3) is 0.321. The molecule has 192 valence electrons. The number of cyclic esters (lactones) is 1. The van der Waals surface area contributed by atoms with Gasteiger partial charge >= 0.3 is 6.09 Å². The molecule has 3 aromatic carbocycles. The van der Waals surface area contributed by atoms with Gasteiger partial charge in [-0.1, -0.05) is 54.0 Å². The maximum absolute atomic E-state index is 13.2. The number of imide groups is 1. The van der Waals surface area contributed by atoms with Gasteiger partial charge < -0.3 is 14.8 Å². The van der Waals surface area contributed by atoms with Crippen molar-refractivity contribution in [2.45, 2.75) is 13.8 Å². The molecule has 9 heteroatoms. The van der Waals surface area contributed by atoms with Crippen LogP contribution in [-0.2, 0) is 4.74 Å². The van der Waals surface area contributed by atoms with Gasteiger partial charge in [-0.15, -0.1) is 0 Å². The van der Waals surface area contributed by atoms with E-state index in [2.05, 4.69) is 21.2 Å². The van der Waals surface area contributed by atoms with Crippen molar-refractivity contribution >= 4 is 50.3 Å². The Labute approximate surface area is 223 Å². The van der Waals surface area contributed by atoms with Crippen molar-refractivity contribution in [2.75, 3.05) is 44.3 Å². The third kappa shape index (κ3) is 4.93. The highest BCUT2D eigenvalue weighted by atomic mass is 79.9. The second kappa shape index (κ2) is 10.1. The number of hydrogen-bond donors (Lipinski definition) is 1. The fourth-order valence-corrected chi connectivity index (χ4v) is 5.05. The summed E-state index contributed by atoms with van der Waals surface area (Å²) in [6.07, 6.45) is -0.440. The number of carbonyl (C=O) groups excluding carboxylic acids is 3. The van der Waals surface area contributed by atoms with E-state index in [1.165, 1.54) is 4.90 Å². The number of fused-ring (bicyclic) bond motifs is 1. The summed E-state index contributed by atoms with van der Waals surface area (Å²) in [5.41, 5.74) is 1.37. The summed E-state index contributed by atoms with van der Waals surface area (Å²) in [6.45, 7) is 6.00. The number of nitrogens with one attached hydrogen (secondary N) is 1. The molecule has 0 radical (unpaired) electrons. The lowest BCUT2D eigenvalue weighted by atomic mass is 9.94. The summed E-state index contributed by atoms with van der Waals surface area (Å²) in [7, 11) is 0.